The molecule has 1 rings (SSSR count). The molecule has 0 amide bonds. The number of rotatable bonds is 2. The minimum Gasteiger partial charge on any atom is -0.263 e. The maximum Gasteiger partial charge on any atom is 0.144 e. The van der Waals surface area contributed by atoms with Crippen LogP contribution in [0.2, 0.25) is 0 Å². The number of halogens is 1. The molecule has 15 heavy (non-hydrogen) atoms. The van der Waals surface area contributed by atoms with Gasteiger partial charge in [-0.15, -0.1) is 0 Å². The summed E-state index contributed by atoms with van der Waals surface area (Å²) in [4.78, 5) is 3.99. The van der Waals surface area contributed by atoms with Crippen LogP contribution >= 0.6 is 15.9 Å². The highest BCUT2D eigenvalue weighted by molar-refractivity contribution is 9.10. The summed E-state index contributed by atoms with van der Waals surface area (Å²) in [7, 11) is -1.22. The molecular weight excluding hydrogens is 276 g/mol. The molecule has 1 heterocycles. The normalized spacial score (nSPS) is 14.4. The van der Waals surface area contributed by atoms with Crippen LogP contribution in [-0.4, -0.2) is 20.2 Å². The van der Waals surface area contributed by atoms with E-state index in [0.717, 1.165) is 10.0 Å². The van der Waals surface area contributed by atoms with Gasteiger partial charge < -0.3 is 0 Å². The predicted octanol–water partition coefficient (Wildman–Crippen LogP) is 2.73. The Kier molecular flexibility index (Phi) is 4.16. The topological polar surface area (TPSA) is 42.3 Å². The average molecular weight is 289 g/mol. The second kappa shape index (κ2) is 4.99. The SMILES string of the molecule is CC(C)(C)[S@@](=O)N=Cc1cncc(Br)c1. The Hall–Kier alpha value is -0.550. The largest absolute Gasteiger partial charge is 0.263 e. The molecule has 0 aliphatic rings. The maximum absolute atomic E-state index is 11.6. The zero-order valence-electron chi connectivity index (χ0n) is 8.90. The molecule has 0 unspecified atom stereocenters. The first-order chi connectivity index (χ1) is 6.89. The van der Waals surface area contributed by atoms with Gasteiger partial charge in [-0.1, -0.05) is 0 Å². The first kappa shape index (κ1) is 12.5. The number of nitrogens with zero attached hydrogens (tertiary/aromatic N) is 2. The third kappa shape index (κ3) is 4.22. The van der Waals surface area contributed by atoms with Gasteiger partial charge in [0.2, 0.25) is 0 Å². The monoisotopic (exact) mass is 288 g/mol. The molecule has 0 aromatic carbocycles. The lowest BCUT2D eigenvalue weighted by Gasteiger charge is -2.12. The van der Waals surface area contributed by atoms with E-state index in [2.05, 4.69) is 25.3 Å². The summed E-state index contributed by atoms with van der Waals surface area (Å²) >= 11 is 3.31. The van der Waals surface area contributed by atoms with Crippen molar-refractivity contribution in [2.75, 3.05) is 0 Å². The van der Waals surface area contributed by atoms with Gasteiger partial charge >= 0.3 is 0 Å². The van der Waals surface area contributed by atoms with Crippen LogP contribution in [-0.2, 0) is 11.0 Å². The zero-order valence-corrected chi connectivity index (χ0v) is 11.3. The second-order valence-electron chi connectivity index (χ2n) is 4.03. The molecule has 0 spiro atoms. The molecule has 82 valence electrons. The van der Waals surface area contributed by atoms with Gasteiger partial charge in [0.25, 0.3) is 0 Å². The molecule has 1 atom stereocenters. The van der Waals surface area contributed by atoms with Gasteiger partial charge in [0.1, 0.15) is 11.0 Å². The highest BCUT2D eigenvalue weighted by Gasteiger charge is 2.17. The van der Waals surface area contributed by atoms with Crippen LogP contribution in [0.3, 0.4) is 0 Å². The van der Waals surface area contributed by atoms with Crippen molar-refractivity contribution in [2.45, 2.75) is 25.5 Å². The Bertz CT molecular complexity index is 399. The fourth-order valence-corrected chi connectivity index (χ4v) is 1.68. The van der Waals surface area contributed by atoms with E-state index >= 15 is 0 Å². The van der Waals surface area contributed by atoms with Crippen molar-refractivity contribution in [3.05, 3.63) is 28.5 Å². The van der Waals surface area contributed by atoms with Gasteiger partial charge in [-0.3, -0.25) is 4.98 Å². The Labute approximate surface area is 101 Å². The summed E-state index contributed by atoms with van der Waals surface area (Å²) < 4.78 is 16.2. The van der Waals surface area contributed by atoms with Crippen molar-refractivity contribution in [1.29, 1.82) is 0 Å². The molecule has 0 bridgehead atoms. The van der Waals surface area contributed by atoms with E-state index in [1.807, 2.05) is 26.8 Å². The summed E-state index contributed by atoms with van der Waals surface area (Å²) in [5.74, 6) is 0. The number of aromatic nitrogens is 1. The number of hydrogen-bond donors (Lipinski definition) is 0. The fraction of sp³-hybridized carbons (Fsp3) is 0.400. The summed E-state index contributed by atoms with van der Waals surface area (Å²) in [6.07, 6.45) is 4.95. The smallest absolute Gasteiger partial charge is 0.144 e. The van der Waals surface area contributed by atoms with Crippen molar-refractivity contribution >= 4 is 33.1 Å². The van der Waals surface area contributed by atoms with Gasteiger partial charge in [-0.05, 0) is 42.8 Å². The van der Waals surface area contributed by atoms with Crippen LogP contribution in [0.15, 0.2) is 27.3 Å². The molecule has 0 saturated heterocycles. The highest BCUT2D eigenvalue weighted by Crippen LogP contribution is 2.13. The predicted molar refractivity (Wildman–Crippen MR) is 67.4 cm³/mol. The zero-order chi connectivity index (χ0) is 11.5. The molecule has 0 aliphatic heterocycles. The first-order valence-corrected chi connectivity index (χ1v) is 6.36. The van der Waals surface area contributed by atoms with Crippen molar-refractivity contribution in [1.82, 2.24) is 4.98 Å². The fourth-order valence-electron chi connectivity index (χ4n) is 0.766. The van der Waals surface area contributed by atoms with Crippen LogP contribution in [0.25, 0.3) is 0 Å². The Morgan fingerprint density at radius 3 is 2.67 bits per heavy atom. The summed E-state index contributed by atoms with van der Waals surface area (Å²) in [5.41, 5.74) is 0.835. The molecule has 5 heteroatoms. The van der Waals surface area contributed by atoms with E-state index in [4.69, 9.17) is 0 Å². The lowest BCUT2D eigenvalue weighted by molar-refractivity contribution is 0.651. The molecule has 0 fully saturated rings. The minimum atomic E-state index is -1.22. The van der Waals surface area contributed by atoms with Gasteiger partial charge in [0.05, 0.1) is 4.75 Å². The molecule has 0 aliphatic carbocycles. The Morgan fingerprint density at radius 1 is 1.47 bits per heavy atom. The summed E-state index contributed by atoms with van der Waals surface area (Å²) in [6, 6.07) is 1.87. The summed E-state index contributed by atoms with van der Waals surface area (Å²) in [6.45, 7) is 5.67. The molecule has 1 aromatic rings. The van der Waals surface area contributed by atoms with E-state index in [1.165, 1.54) is 0 Å². The molecule has 0 radical (unpaired) electrons. The van der Waals surface area contributed by atoms with Crippen LogP contribution in [0, 0.1) is 0 Å². The van der Waals surface area contributed by atoms with Crippen molar-refractivity contribution in [3.8, 4) is 0 Å². The van der Waals surface area contributed by atoms with E-state index in [-0.39, 0.29) is 4.75 Å². The van der Waals surface area contributed by atoms with Gasteiger partial charge in [0.15, 0.2) is 0 Å². The molecule has 3 nitrogen and oxygen atoms in total. The van der Waals surface area contributed by atoms with E-state index in [0.29, 0.717) is 0 Å². The second-order valence-corrected chi connectivity index (χ2v) is 6.88. The van der Waals surface area contributed by atoms with E-state index < -0.39 is 11.0 Å². The van der Waals surface area contributed by atoms with Gasteiger partial charge in [-0.25, -0.2) is 4.21 Å². The number of pyridine rings is 1. The molecule has 1 aromatic heterocycles. The van der Waals surface area contributed by atoms with Crippen molar-refractivity contribution < 1.29 is 4.21 Å². The third-order valence-corrected chi connectivity index (χ3v) is 3.33. The van der Waals surface area contributed by atoms with E-state index in [1.54, 1.807) is 18.6 Å². The minimum absolute atomic E-state index is 0.323. The van der Waals surface area contributed by atoms with Gasteiger partial charge in [0, 0.05) is 28.6 Å². The lowest BCUT2D eigenvalue weighted by atomic mass is 10.3. The Morgan fingerprint density at radius 2 is 2.13 bits per heavy atom. The van der Waals surface area contributed by atoms with E-state index in [9.17, 15) is 4.21 Å². The Balaban J connectivity index is 2.79. The summed E-state index contributed by atoms with van der Waals surface area (Å²) in [5, 5.41) is 0. The number of hydrogen-bond acceptors (Lipinski definition) is 2. The average Bonchev–Trinajstić information content (AvgIpc) is 2.12. The quantitative estimate of drug-likeness (QED) is 0.786. The maximum atomic E-state index is 11.6. The standard InChI is InChI=1S/C10H13BrN2OS/c1-10(2,3)15(14)13-6-8-4-9(11)7-12-5-8/h4-7H,1-3H3/t15-/m1/s1. The van der Waals surface area contributed by atoms with Crippen LogP contribution in [0.5, 0.6) is 0 Å². The molecule has 0 N–H and O–H groups in total. The van der Waals surface area contributed by atoms with Crippen LogP contribution < -0.4 is 0 Å². The lowest BCUT2D eigenvalue weighted by Crippen LogP contribution is -2.19. The van der Waals surface area contributed by atoms with Crippen molar-refractivity contribution in [2.24, 2.45) is 4.40 Å². The van der Waals surface area contributed by atoms with Crippen LogP contribution in [0.4, 0.5) is 0 Å². The van der Waals surface area contributed by atoms with Gasteiger partial charge in [-0.2, -0.15) is 4.40 Å². The van der Waals surface area contributed by atoms with Crippen LogP contribution in [0.1, 0.15) is 26.3 Å². The first-order valence-electron chi connectivity index (χ1n) is 4.46. The molecular formula is C10H13BrN2OS. The van der Waals surface area contributed by atoms with Crippen molar-refractivity contribution in [3.63, 3.8) is 0 Å². The molecule has 0 saturated carbocycles. The highest BCUT2D eigenvalue weighted by atomic mass is 79.9. The third-order valence-electron chi connectivity index (χ3n) is 1.55.